The van der Waals surface area contributed by atoms with Gasteiger partial charge in [-0.2, -0.15) is 4.31 Å². The molecule has 1 N–H and O–H groups in total. The molecule has 1 fully saturated rings. The number of aromatic nitrogens is 1. The number of nitrogens with zero attached hydrogens (tertiary/aromatic N) is 2. The average molecular weight is 441 g/mol. The topological polar surface area (TPSA) is 88.6 Å². The maximum atomic E-state index is 13.0. The summed E-state index contributed by atoms with van der Waals surface area (Å²) in [4.78, 5) is 17.1. The summed E-state index contributed by atoms with van der Waals surface area (Å²) in [5.41, 5.74) is 0.417. The van der Waals surface area contributed by atoms with Gasteiger partial charge in [0, 0.05) is 12.6 Å². The number of carbonyl (C=O) groups excluding carboxylic acids is 1. The van der Waals surface area contributed by atoms with Gasteiger partial charge in [0.25, 0.3) is 0 Å². The van der Waals surface area contributed by atoms with E-state index >= 15 is 0 Å². The molecule has 3 aromatic rings. The van der Waals surface area contributed by atoms with Crippen LogP contribution in [0.4, 0.5) is 10.1 Å². The van der Waals surface area contributed by atoms with Gasteiger partial charge in [-0.15, -0.1) is 0 Å². The highest BCUT2D eigenvalue weighted by atomic mass is 32.2. The molecule has 1 aliphatic rings. The highest BCUT2D eigenvalue weighted by Crippen LogP contribution is 2.27. The molecule has 0 aliphatic carbocycles. The van der Waals surface area contributed by atoms with Gasteiger partial charge in [-0.3, -0.25) is 4.79 Å². The van der Waals surface area contributed by atoms with Crippen LogP contribution in [-0.2, 0) is 14.8 Å². The largest absolute Gasteiger partial charge is 0.439 e. The molecule has 31 heavy (non-hydrogen) atoms. The van der Waals surface area contributed by atoms with Crippen LogP contribution in [0.25, 0.3) is 0 Å². The number of amides is 1. The summed E-state index contributed by atoms with van der Waals surface area (Å²) in [6, 6.07) is 16.0. The van der Waals surface area contributed by atoms with Crippen LogP contribution in [0.15, 0.2) is 77.8 Å². The zero-order valence-corrected chi connectivity index (χ0v) is 17.3. The number of carbonyl (C=O) groups is 1. The predicted octanol–water partition coefficient (Wildman–Crippen LogP) is 3.80. The summed E-state index contributed by atoms with van der Waals surface area (Å²) in [7, 11) is -3.76. The maximum absolute atomic E-state index is 13.0. The number of halogens is 1. The Labute approximate surface area is 179 Å². The number of anilines is 1. The monoisotopic (exact) mass is 441 g/mol. The highest BCUT2D eigenvalue weighted by molar-refractivity contribution is 7.89. The van der Waals surface area contributed by atoms with Crippen LogP contribution >= 0.6 is 0 Å². The standard InChI is InChI=1S/C22H20FN3O4S/c23-16-8-11-18(12-9-16)30-21-13-10-17(15-24-21)25-22(27)20-7-4-14-26(20)31(28,29)19-5-2-1-3-6-19/h1-3,5-6,8-13,15,20H,4,7,14H2,(H,25,27)/t20-/m0/s1. The SMILES string of the molecule is O=C(Nc1ccc(Oc2ccc(F)cc2)nc1)[C@@H]1CCCN1S(=O)(=O)c1ccccc1. The zero-order valence-electron chi connectivity index (χ0n) is 16.4. The van der Waals surface area contributed by atoms with Crippen molar-refractivity contribution in [3.8, 4) is 11.6 Å². The Morgan fingerprint density at radius 2 is 1.81 bits per heavy atom. The number of nitrogens with one attached hydrogen (secondary N) is 1. The second-order valence-electron chi connectivity index (χ2n) is 7.02. The summed E-state index contributed by atoms with van der Waals surface area (Å²) in [5, 5.41) is 2.72. The smallest absolute Gasteiger partial charge is 0.243 e. The molecule has 2 heterocycles. The Bertz CT molecular complexity index is 1150. The second-order valence-corrected chi connectivity index (χ2v) is 8.91. The third-order valence-electron chi connectivity index (χ3n) is 4.90. The van der Waals surface area contributed by atoms with Gasteiger partial charge >= 0.3 is 0 Å². The number of rotatable bonds is 6. The minimum Gasteiger partial charge on any atom is -0.439 e. The van der Waals surface area contributed by atoms with Crippen molar-refractivity contribution in [2.75, 3.05) is 11.9 Å². The van der Waals surface area contributed by atoms with E-state index in [4.69, 9.17) is 4.74 Å². The van der Waals surface area contributed by atoms with E-state index in [1.165, 1.54) is 46.9 Å². The molecule has 160 valence electrons. The molecule has 1 saturated heterocycles. The second kappa shape index (κ2) is 8.83. The van der Waals surface area contributed by atoms with E-state index < -0.39 is 22.0 Å². The molecule has 1 aromatic heterocycles. The molecular formula is C22H20FN3O4S. The van der Waals surface area contributed by atoms with Crippen molar-refractivity contribution < 1.29 is 22.3 Å². The summed E-state index contributed by atoms with van der Waals surface area (Å²) in [5.74, 6) is -0.0724. The van der Waals surface area contributed by atoms with Crippen molar-refractivity contribution in [3.05, 3.63) is 78.7 Å². The third kappa shape index (κ3) is 4.73. The predicted molar refractivity (Wildman–Crippen MR) is 113 cm³/mol. The third-order valence-corrected chi connectivity index (χ3v) is 6.82. The normalized spacial score (nSPS) is 16.7. The molecule has 0 bridgehead atoms. The van der Waals surface area contributed by atoms with Crippen molar-refractivity contribution in [2.45, 2.75) is 23.8 Å². The lowest BCUT2D eigenvalue weighted by Gasteiger charge is -2.23. The van der Waals surface area contributed by atoms with E-state index in [2.05, 4.69) is 10.3 Å². The zero-order chi connectivity index (χ0) is 21.8. The average Bonchev–Trinajstić information content (AvgIpc) is 3.28. The van der Waals surface area contributed by atoms with E-state index in [1.807, 2.05) is 0 Å². The van der Waals surface area contributed by atoms with Crippen LogP contribution in [0.1, 0.15) is 12.8 Å². The van der Waals surface area contributed by atoms with Gasteiger partial charge in [0.1, 0.15) is 17.6 Å². The van der Waals surface area contributed by atoms with Gasteiger partial charge in [-0.05, 0) is 55.3 Å². The van der Waals surface area contributed by atoms with E-state index in [-0.39, 0.29) is 23.1 Å². The number of benzene rings is 2. The number of sulfonamides is 1. The minimum absolute atomic E-state index is 0.165. The first-order chi connectivity index (χ1) is 14.9. The Morgan fingerprint density at radius 1 is 1.06 bits per heavy atom. The summed E-state index contributed by atoms with van der Waals surface area (Å²) >= 11 is 0. The summed E-state index contributed by atoms with van der Waals surface area (Å²) in [6.07, 6.45) is 2.46. The quantitative estimate of drug-likeness (QED) is 0.629. The number of hydrogen-bond donors (Lipinski definition) is 1. The van der Waals surface area contributed by atoms with Crippen LogP contribution < -0.4 is 10.1 Å². The van der Waals surface area contributed by atoms with Gasteiger partial charge < -0.3 is 10.1 Å². The molecular weight excluding hydrogens is 421 g/mol. The summed E-state index contributed by atoms with van der Waals surface area (Å²) < 4.78 is 45.6. The van der Waals surface area contributed by atoms with Crippen molar-refractivity contribution in [3.63, 3.8) is 0 Å². The molecule has 2 aromatic carbocycles. The van der Waals surface area contributed by atoms with Gasteiger partial charge in [0.15, 0.2) is 0 Å². The lowest BCUT2D eigenvalue weighted by molar-refractivity contribution is -0.119. The Kier molecular flexibility index (Phi) is 5.97. The van der Waals surface area contributed by atoms with E-state index in [1.54, 1.807) is 30.3 Å². The number of pyridine rings is 1. The summed E-state index contributed by atoms with van der Waals surface area (Å²) in [6.45, 7) is 0.290. The van der Waals surface area contributed by atoms with Gasteiger partial charge in [-0.1, -0.05) is 18.2 Å². The van der Waals surface area contributed by atoms with Gasteiger partial charge in [-0.25, -0.2) is 17.8 Å². The fraction of sp³-hybridized carbons (Fsp3) is 0.182. The molecule has 1 atom stereocenters. The fourth-order valence-electron chi connectivity index (χ4n) is 3.38. The molecule has 0 unspecified atom stereocenters. The van der Waals surface area contributed by atoms with Crippen LogP contribution in [0.2, 0.25) is 0 Å². The number of hydrogen-bond acceptors (Lipinski definition) is 5. The molecule has 0 saturated carbocycles. The Hall–Kier alpha value is -3.30. The van der Waals surface area contributed by atoms with Crippen molar-refractivity contribution >= 4 is 21.6 Å². The Balaban J connectivity index is 1.43. The maximum Gasteiger partial charge on any atom is 0.243 e. The molecule has 4 rings (SSSR count). The first-order valence-corrected chi connectivity index (χ1v) is 11.1. The van der Waals surface area contributed by atoms with Crippen molar-refractivity contribution in [1.82, 2.24) is 9.29 Å². The molecule has 7 nitrogen and oxygen atoms in total. The van der Waals surface area contributed by atoms with E-state index in [9.17, 15) is 17.6 Å². The highest BCUT2D eigenvalue weighted by Gasteiger charge is 2.39. The first-order valence-electron chi connectivity index (χ1n) is 9.71. The first kappa shape index (κ1) is 21.0. The van der Waals surface area contributed by atoms with E-state index in [0.29, 0.717) is 24.3 Å². The van der Waals surface area contributed by atoms with Crippen LogP contribution in [-0.4, -0.2) is 36.2 Å². The van der Waals surface area contributed by atoms with Crippen molar-refractivity contribution in [1.29, 1.82) is 0 Å². The Morgan fingerprint density at radius 3 is 2.48 bits per heavy atom. The van der Waals surface area contributed by atoms with Crippen LogP contribution in [0.5, 0.6) is 11.6 Å². The molecule has 9 heteroatoms. The molecule has 0 radical (unpaired) electrons. The van der Waals surface area contributed by atoms with Crippen LogP contribution in [0, 0.1) is 5.82 Å². The lowest BCUT2D eigenvalue weighted by atomic mass is 10.2. The fourth-order valence-corrected chi connectivity index (χ4v) is 5.06. The molecule has 1 aliphatic heterocycles. The number of ether oxygens (including phenoxy) is 1. The lowest BCUT2D eigenvalue weighted by Crippen LogP contribution is -2.43. The van der Waals surface area contributed by atoms with Gasteiger partial charge in [0.05, 0.1) is 16.8 Å². The van der Waals surface area contributed by atoms with Crippen LogP contribution in [0.3, 0.4) is 0 Å². The van der Waals surface area contributed by atoms with Gasteiger partial charge in [0.2, 0.25) is 21.8 Å². The molecule has 1 amide bonds. The minimum atomic E-state index is -3.76. The van der Waals surface area contributed by atoms with E-state index in [0.717, 1.165) is 0 Å². The molecule has 0 spiro atoms. The van der Waals surface area contributed by atoms with Crippen molar-refractivity contribution in [2.24, 2.45) is 0 Å².